The maximum Gasteiger partial charge on any atom is 0.242 e. The number of nitrogens with zero attached hydrogens (tertiary/aromatic N) is 1. The molecule has 0 fully saturated rings. The molecule has 1 unspecified atom stereocenters. The van der Waals surface area contributed by atoms with Crippen LogP contribution < -0.4 is 4.90 Å². The zero-order chi connectivity index (χ0) is 18.9. The van der Waals surface area contributed by atoms with Crippen LogP contribution in [0.25, 0.3) is 0 Å². The number of anilines is 1. The maximum atomic E-state index is 13.9. The van der Waals surface area contributed by atoms with Crippen LogP contribution in [-0.4, -0.2) is 26.6 Å². The Kier molecular flexibility index (Phi) is 5.09. The number of amides is 1. The SMILES string of the molecule is CC(c1c(F)cccc1F)S(=O)(=O)CC(=O)N1CCCc2ccccc21. The van der Waals surface area contributed by atoms with Crippen molar-refractivity contribution in [2.45, 2.75) is 25.0 Å². The predicted molar refractivity (Wildman–Crippen MR) is 95.7 cm³/mol. The van der Waals surface area contributed by atoms with E-state index in [9.17, 15) is 22.0 Å². The zero-order valence-corrected chi connectivity index (χ0v) is 15.1. The van der Waals surface area contributed by atoms with E-state index in [0.717, 1.165) is 30.5 Å². The van der Waals surface area contributed by atoms with Gasteiger partial charge in [-0.25, -0.2) is 17.2 Å². The minimum absolute atomic E-state index is 0.424. The number of fused-ring (bicyclic) bond motifs is 1. The molecule has 1 amide bonds. The van der Waals surface area contributed by atoms with Crippen LogP contribution in [0.15, 0.2) is 42.5 Å². The summed E-state index contributed by atoms with van der Waals surface area (Å²) in [5.41, 5.74) is 1.15. The monoisotopic (exact) mass is 379 g/mol. The van der Waals surface area contributed by atoms with Crippen molar-refractivity contribution in [2.24, 2.45) is 0 Å². The van der Waals surface area contributed by atoms with Gasteiger partial charge in [-0.15, -0.1) is 0 Å². The standard InChI is InChI=1S/C19H19F2NO3S/c1-13(19-15(20)8-4-9-16(19)21)26(24,25)12-18(23)22-11-5-7-14-6-2-3-10-17(14)22/h2-4,6,8-10,13H,5,7,11-12H2,1H3. The van der Waals surface area contributed by atoms with E-state index in [1.807, 2.05) is 12.1 Å². The van der Waals surface area contributed by atoms with E-state index in [4.69, 9.17) is 0 Å². The highest BCUT2D eigenvalue weighted by Crippen LogP contribution is 2.30. The first-order valence-corrected chi connectivity index (χ1v) is 10.1. The van der Waals surface area contributed by atoms with Crippen LogP contribution >= 0.6 is 0 Å². The van der Waals surface area contributed by atoms with Gasteiger partial charge in [0.05, 0.1) is 5.25 Å². The maximum absolute atomic E-state index is 13.9. The van der Waals surface area contributed by atoms with Crippen LogP contribution in [0.3, 0.4) is 0 Å². The third kappa shape index (κ3) is 3.49. The minimum Gasteiger partial charge on any atom is -0.311 e. The highest BCUT2D eigenvalue weighted by molar-refractivity contribution is 7.92. The lowest BCUT2D eigenvalue weighted by atomic mass is 10.0. The van der Waals surface area contributed by atoms with Crippen molar-refractivity contribution >= 4 is 21.4 Å². The Morgan fingerprint density at radius 3 is 2.46 bits per heavy atom. The highest BCUT2D eigenvalue weighted by Gasteiger charge is 2.33. The molecule has 0 spiro atoms. The molecule has 2 aromatic rings. The van der Waals surface area contributed by atoms with Crippen molar-refractivity contribution < 1.29 is 22.0 Å². The number of benzene rings is 2. The van der Waals surface area contributed by atoms with Crippen molar-refractivity contribution in [1.29, 1.82) is 0 Å². The first-order chi connectivity index (χ1) is 12.3. The second-order valence-electron chi connectivity index (χ2n) is 6.36. The number of hydrogen-bond acceptors (Lipinski definition) is 3. The summed E-state index contributed by atoms with van der Waals surface area (Å²) in [5, 5.41) is -1.45. The third-order valence-corrected chi connectivity index (χ3v) is 6.64. The van der Waals surface area contributed by atoms with Crippen molar-refractivity contribution in [3.8, 4) is 0 Å². The number of halogens is 2. The van der Waals surface area contributed by atoms with Gasteiger partial charge in [0.1, 0.15) is 17.4 Å². The Labute approximate surface area is 151 Å². The van der Waals surface area contributed by atoms with Crippen LogP contribution in [-0.2, 0) is 21.1 Å². The Morgan fingerprint density at radius 2 is 1.77 bits per heavy atom. The molecule has 3 rings (SSSR count). The molecule has 0 radical (unpaired) electrons. The van der Waals surface area contributed by atoms with Crippen LogP contribution in [0.5, 0.6) is 0 Å². The molecule has 2 aromatic carbocycles. The van der Waals surface area contributed by atoms with Gasteiger partial charge in [0.2, 0.25) is 5.91 Å². The van der Waals surface area contributed by atoms with Gasteiger partial charge in [-0.3, -0.25) is 4.79 Å². The van der Waals surface area contributed by atoms with Crippen molar-refractivity contribution in [3.05, 3.63) is 65.2 Å². The molecule has 138 valence electrons. The first kappa shape index (κ1) is 18.5. The van der Waals surface area contributed by atoms with Crippen LogP contribution in [0.4, 0.5) is 14.5 Å². The summed E-state index contributed by atoms with van der Waals surface area (Å²) in [6.45, 7) is 1.63. The van der Waals surface area contributed by atoms with Gasteiger partial charge in [-0.1, -0.05) is 24.3 Å². The smallest absolute Gasteiger partial charge is 0.242 e. The van der Waals surface area contributed by atoms with Gasteiger partial charge >= 0.3 is 0 Å². The molecular formula is C19H19F2NO3S. The van der Waals surface area contributed by atoms with Crippen molar-refractivity contribution in [1.82, 2.24) is 0 Å². The van der Waals surface area contributed by atoms with E-state index >= 15 is 0 Å². The third-order valence-electron chi connectivity index (χ3n) is 4.68. The predicted octanol–water partition coefficient (Wildman–Crippen LogP) is 3.42. The van der Waals surface area contributed by atoms with E-state index in [0.29, 0.717) is 12.2 Å². The summed E-state index contributed by atoms with van der Waals surface area (Å²) < 4.78 is 53.1. The van der Waals surface area contributed by atoms with Gasteiger partial charge in [0, 0.05) is 17.8 Å². The summed E-state index contributed by atoms with van der Waals surface area (Å²) in [6.07, 6.45) is 1.56. The molecule has 1 atom stereocenters. The number of sulfone groups is 1. The lowest BCUT2D eigenvalue weighted by molar-refractivity contribution is -0.116. The number of para-hydroxylation sites is 1. The lowest BCUT2D eigenvalue weighted by Gasteiger charge is -2.29. The Morgan fingerprint density at radius 1 is 1.12 bits per heavy atom. The van der Waals surface area contributed by atoms with E-state index < -0.39 is 43.9 Å². The summed E-state index contributed by atoms with van der Waals surface area (Å²) in [7, 11) is -4.08. The molecule has 0 aromatic heterocycles. The molecule has 1 aliphatic rings. The molecule has 0 saturated heterocycles. The molecular weight excluding hydrogens is 360 g/mol. The molecule has 0 saturated carbocycles. The number of carbonyl (C=O) groups is 1. The fraction of sp³-hybridized carbons (Fsp3) is 0.316. The van der Waals surface area contributed by atoms with Gasteiger partial charge in [0.25, 0.3) is 0 Å². The van der Waals surface area contributed by atoms with Gasteiger partial charge < -0.3 is 4.90 Å². The van der Waals surface area contributed by atoms with Crippen LogP contribution in [0, 0.1) is 11.6 Å². The van der Waals surface area contributed by atoms with E-state index in [1.54, 1.807) is 12.1 Å². The van der Waals surface area contributed by atoms with E-state index in [1.165, 1.54) is 17.9 Å². The molecule has 0 N–H and O–H groups in total. The summed E-state index contributed by atoms with van der Waals surface area (Å²) in [6, 6.07) is 10.5. The molecule has 4 nitrogen and oxygen atoms in total. The molecule has 7 heteroatoms. The summed E-state index contributed by atoms with van der Waals surface area (Å²) in [4.78, 5) is 14.1. The van der Waals surface area contributed by atoms with Crippen LogP contribution in [0.2, 0.25) is 0 Å². The van der Waals surface area contributed by atoms with Crippen LogP contribution in [0.1, 0.15) is 29.7 Å². The van der Waals surface area contributed by atoms with Gasteiger partial charge in [0.15, 0.2) is 9.84 Å². The van der Waals surface area contributed by atoms with Gasteiger partial charge in [-0.05, 0) is 43.5 Å². The average molecular weight is 379 g/mol. The number of aryl methyl sites for hydroxylation is 1. The Bertz CT molecular complexity index is 923. The molecule has 0 bridgehead atoms. The Balaban J connectivity index is 1.85. The van der Waals surface area contributed by atoms with Gasteiger partial charge in [-0.2, -0.15) is 0 Å². The number of rotatable bonds is 4. The number of carbonyl (C=O) groups excluding carboxylic acids is 1. The van der Waals surface area contributed by atoms with Crippen molar-refractivity contribution in [2.75, 3.05) is 17.2 Å². The fourth-order valence-corrected chi connectivity index (χ4v) is 4.58. The second kappa shape index (κ2) is 7.15. The Hall–Kier alpha value is -2.28. The quantitative estimate of drug-likeness (QED) is 0.818. The fourth-order valence-electron chi connectivity index (χ4n) is 3.25. The summed E-state index contributed by atoms with van der Waals surface area (Å²) >= 11 is 0. The normalized spacial score (nSPS) is 15.4. The molecule has 26 heavy (non-hydrogen) atoms. The highest BCUT2D eigenvalue weighted by atomic mass is 32.2. The largest absolute Gasteiger partial charge is 0.311 e. The van der Waals surface area contributed by atoms with E-state index in [2.05, 4.69) is 0 Å². The first-order valence-electron chi connectivity index (χ1n) is 8.35. The number of hydrogen-bond donors (Lipinski definition) is 0. The second-order valence-corrected chi connectivity index (χ2v) is 8.68. The van der Waals surface area contributed by atoms with Crippen molar-refractivity contribution in [3.63, 3.8) is 0 Å². The average Bonchev–Trinajstić information content (AvgIpc) is 2.60. The summed E-state index contributed by atoms with van der Waals surface area (Å²) in [5.74, 6) is -3.24. The lowest BCUT2D eigenvalue weighted by Crippen LogP contribution is -2.40. The topological polar surface area (TPSA) is 54.5 Å². The minimum atomic E-state index is -4.08. The molecule has 1 heterocycles. The molecule has 0 aliphatic carbocycles. The zero-order valence-electron chi connectivity index (χ0n) is 14.3. The molecule has 1 aliphatic heterocycles. The van der Waals surface area contributed by atoms with E-state index in [-0.39, 0.29) is 0 Å².